The Kier molecular flexibility index (Phi) is 13.7. The van der Waals surface area contributed by atoms with Crippen molar-refractivity contribution in [3.63, 3.8) is 0 Å². The molecule has 0 spiro atoms. The molecule has 0 aromatic rings. The van der Waals surface area contributed by atoms with Crippen molar-refractivity contribution in [2.24, 2.45) is 0 Å². The molecule has 0 aliphatic heterocycles. The van der Waals surface area contributed by atoms with Crippen molar-refractivity contribution < 1.29 is 29.0 Å². The van der Waals surface area contributed by atoms with E-state index in [4.69, 9.17) is 14.6 Å². The first-order valence-corrected chi connectivity index (χ1v) is 8.87. The highest BCUT2D eigenvalue weighted by atomic mass is 16.6. The lowest BCUT2D eigenvalue weighted by molar-refractivity contribution is -0.107. The molecule has 160 valence electrons. The first-order chi connectivity index (χ1) is 13.1. The number of hydrogen-bond acceptors (Lipinski definition) is 7. The van der Waals surface area contributed by atoms with Gasteiger partial charge in [0.15, 0.2) is 0 Å². The van der Waals surface area contributed by atoms with E-state index in [9.17, 15) is 14.4 Å². The van der Waals surface area contributed by atoms with Gasteiger partial charge >= 0.3 is 6.09 Å². The lowest BCUT2D eigenvalue weighted by Gasteiger charge is -2.27. The number of carbonyl (C=O) groups is 4. The summed E-state index contributed by atoms with van der Waals surface area (Å²) in [6.45, 7) is 7.59. The Morgan fingerprint density at radius 2 is 1.50 bits per heavy atom. The van der Waals surface area contributed by atoms with Crippen LogP contribution in [-0.2, 0) is 19.1 Å². The van der Waals surface area contributed by atoms with Gasteiger partial charge in [-0.05, 0) is 60.5 Å². The van der Waals surface area contributed by atoms with Crippen LogP contribution in [0.1, 0.15) is 46.5 Å². The Labute approximate surface area is 167 Å². The number of rotatable bonds is 4. The predicted octanol–water partition coefficient (Wildman–Crippen LogP) is 2.02. The van der Waals surface area contributed by atoms with Crippen LogP contribution in [0.4, 0.5) is 4.79 Å². The van der Waals surface area contributed by atoms with E-state index >= 15 is 0 Å². The minimum absolute atomic E-state index is 0.150. The van der Waals surface area contributed by atoms with Crippen LogP contribution in [0.5, 0.6) is 0 Å². The second-order valence-electron chi connectivity index (χ2n) is 7.18. The Morgan fingerprint density at radius 3 is 1.75 bits per heavy atom. The summed E-state index contributed by atoms with van der Waals surface area (Å²) in [6, 6.07) is 0. The molecule has 0 aromatic carbocycles. The molecule has 2 N–H and O–H groups in total. The van der Waals surface area contributed by atoms with Crippen molar-refractivity contribution in [2.45, 2.75) is 57.7 Å². The maximum absolute atomic E-state index is 11.5. The fraction of sp³-hybridized carbons (Fsp3) is 0.600. The third-order valence-electron chi connectivity index (χ3n) is 3.80. The molecule has 0 atom stereocenters. The van der Waals surface area contributed by atoms with Gasteiger partial charge in [0.25, 0.3) is 0 Å². The molecule has 2 rings (SSSR count). The summed E-state index contributed by atoms with van der Waals surface area (Å²) in [5, 5.41) is 9.89. The van der Waals surface area contributed by atoms with Crippen molar-refractivity contribution in [2.75, 3.05) is 21.2 Å². The molecule has 1 fully saturated rings. The molecular formula is C20H34N2O6. The van der Waals surface area contributed by atoms with Gasteiger partial charge in [0.05, 0.1) is 5.66 Å². The van der Waals surface area contributed by atoms with Gasteiger partial charge in [-0.2, -0.15) is 0 Å². The summed E-state index contributed by atoms with van der Waals surface area (Å²) in [7, 11) is 4.93. The van der Waals surface area contributed by atoms with Crippen LogP contribution in [0.2, 0.25) is 0 Å². The third kappa shape index (κ3) is 10.7. The predicted molar refractivity (Wildman–Crippen MR) is 108 cm³/mol. The molecule has 0 radical (unpaired) electrons. The van der Waals surface area contributed by atoms with E-state index in [1.54, 1.807) is 12.2 Å². The largest absolute Gasteiger partial charge is 0.444 e. The topological polar surface area (TPSA) is 113 Å². The van der Waals surface area contributed by atoms with Crippen LogP contribution in [0.15, 0.2) is 23.3 Å². The average Bonchev–Trinajstić information content (AvgIpc) is 3.44. The van der Waals surface area contributed by atoms with Crippen LogP contribution in [-0.4, -0.2) is 67.9 Å². The van der Waals surface area contributed by atoms with Crippen molar-refractivity contribution in [3.05, 3.63) is 23.3 Å². The van der Waals surface area contributed by atoms with Gasteiger partial charge in [-0.3, -0.25) is 14.5 Å². The van der Waals surface area contributed by atoms with Crippen LogP contribution < -0.4 is 5.32 Å². The number of ether oxygens (including phenoxy) is 1. The molecule has 1 amide bonds. The van der Waals surface area contributed by atoms with Crippen LogP contribution in [0.25, 0.3) is 0 Å². The van der Waals surface area contributed by atoms with Gasteiger partial charge in [-0.15, -0.1) is 0 Å². The molecule has 0 aromatic heterocycles. The first kappa shape index (κ1) is 27.9. The second kappa shape index (κ2) is 13.8. The Bertz CT molecular complexity index is 534. The third-order valence-corrected chi connectivity index (χ3v) is 3.80. The van der Waals surface area contributed by atoms with Crippen molar-refractivity contribution in [1.29, 1.82) is 0 Å². The molecule has 28 heavy (non-hydrogen) atoms. The molecule has 0 unspecified atom stereocenters. The minimum Gasteiger partial charge on any atom is -0.444 e. The van der Waals surface area contributed by atoms with Gasteiger partial charge in [0, 0.05) is 18.3 Å². The molecule has 8 heteroatoms. The smallest absolute Gasteiger partial charge is 0.409 e. The molecular weight excluding hydrogens is 364 g/mol. The van der Waals surface area contributed by atoms with E-state index in [2.05, 4.69) is 5.32 Å². The summed E-state index contributed by atoms with van der Waals surface area (Å²) >= 11 is 0. The number of alkyl carbamates (subject to hydrolysis) is 1. The monoisotopic (exact) mass is 398 g/mol. The normalized spacial score (nSPS) is 16.1. The second-order valence-corrected chi connectivity index (χ2v) is 7.18. The summed E-state index contributed by atoms with van der Waals surface area (Å²) < 4.78 is 5.19. The van der Waals surface area contributed by atoms with Gasteiger partial charge in [0.1, 0.15) is 25.0 Å². The van der Waals surface area contributed by atoms with Crippen LogP contribution in [0.3, 0.4) is 0 Å². The highest BCUT2D eigenvalue weighted by molar-refractivity contribution is 5.94. The van der Waals surface area contributed by atoms with Crippen LogP contribution >= 0.6 is 0 Å². The maximum Gasteiger partial charge on any atom is 0.409 e. The minimum atomic E-state index is -0.424. The number of aliphatic hydroxyl groups excluding tert-OH is 1. The van der Waals surface area contributed by atoms with E-state index in [1.165, 1.54) is 0 Å². The zero-order valence-electron chi connectivity index (χ0n) is 17.8. The van der Waals surface area contributed by atoms with E-state index in [0.29, 0.717) is 11.1 Å². The Balaban J connectivity index is 0. The molecule has 0 saturated heterocycles. The molecule has 0 bridgehead atoms. The standard InChI is InChI=1S/C10H20N2O2.C8H8O2.CH4O.CH2O/c1-9(2,3)14-8(13)11-10(6-7-10)12(4)5;9-5-7-3-1-2-4-8(7)6-10;2*1-2/h6-7H2,1-5H3,(H,11,13);3-6H,1-2H2;2H,1H3;1H2. The summed E-state index contributed by atoms with van der Waals surface area (Å²) in [5.74, 6) is 0. The number of nitrogens with zero attached hydrogens (tertiary/aromatic N) is 1. The quantitative estimate of drug-likeness (QED) is 0.550. The summed E-state index contributed by atoms with van der Waals surface area (Å²) in [5.41, 5.74) is 0.483. The summed E-state index contributed by atoms with van der Waals surface area (Å²) in [4.78, 5) is 42.0. The molecule has 2 aliphatic rings. The van der Waals surface area contributed by atoms with Crippen molar-refractivity contribution in [1.82, 2.24) is 10.2 Å². The number of carbonyl (C=O) groups excluding carboxylic acids is 4. The average molecular weight is 399 g/mol. The Hall–Kier alpha value is -2.32. The van der Waals surface area contributed by atoms with Gasteiger partial charge < -0.3 is 20.0 Å². The first-order valence-electron chi connectivity index (χ1n) is 8.87. The molecule has 1 saturated carbocycles. The van der Waals surface area contributed by atoms with Crippen LogP contribution in [0, 0.1) is 0 Å². The maximum atomic E-state index is 11.5. The fourth-order valence-electron chi connectivity index (χ4n) is 2.24. The van der Waals surface area contributed by atoms with E-state index in [-0.39, 0.29) is 11.8 Å². The van der Waals surface area contributed by atoms with E-state index in [1.807, 2.05) is 46.6 Å². The number of hydrogen-bond donors (Lipinski definition) is 2. The van der Waals surface area contributed by atoms with Gasteiger partial charge in [-0.25, -0.2) is 4.79 Å². The number of amides is 1. The molecule has 0 heterocycles. The zero-order valence-corrected chi connectivity index (χ0v) is 17.8. The van der Waals surface area contributed by atoms with E-state index in [0.717, 1.165) is 45.4 Å². The summed E-state index contributed by atoms with van der Waals surface area (Å²) in [6.07, 6.45) is 8.42. The van der Waals surface area contributed by atoms with Crippen molar-refractivity contribution >= 4 is 25.5 Å². The van der Waals surface area contributed by atoms with E-state index < -0.39 is 5.60 Å². The number of aliphatic hydroxyl groups is 1. The van der Waals surface area contributed by atoms with Crippen molar-refractivity contribution in [3.8, 4) is 0 Å². The highest BCUT2D eigenvalue weighted by Crippen LogP contribution is 2.37. The SMILES string of the molecule is C=O.CN(C)C1(NC(=O)OC(C)(C)C)CC1.CO.O=CC1=CCCC=C1C=O. The number of aldehydes is 2. The lowest BCUT2D eigenvalue weighted by atomic mass is 10.0. The number of allylic oxidation sites excluding steroid dienone is 4. The zero-order chi connectivity index (χ0) is 22.4. The lowest BCUT2D eigenvalue weighted by Crippen LogP contribution is -2.48. The van der Waals surface area contributed by atoms with Gasteiger partial charge in [0.2, 0.25) is 0 Å². The fourth-order valence-corrected chi connectivity index (χ4v) is 2.24. The number of nitrogens with one attached hydrogen (secondary N) is 1. The van der Waals surface area contributed by atoms with Gasteiger partial charge in [-0.1, -0.05) is 12.2 Å². The molecule has 8 nitrogen and oxygen atoms in total. The Morgan fingerprint density at radius 1 is 1.11 bits per heavy atom. The highest BCUT2D eigenvalue weighted by Gasteiger charge is 2.47. The molecule has 2 aliphatic carbocycles.